The van der Waals surface area contributed by atoms with E-state index in [1.165, 1.54) is 19.4 Å². The number of likely N-dealkylation sites (N-methyl/N-ethyl adjacent to an activating group) is 1. The number of carbonyl (C=O) groups excluding carboxylic acids is 1. The SMILES string of the molecule is CCN1CCC[C@H]1[C@@H]1CCCN1C(=O)Cn1cccn1. The first-order valence-electron chi connectivity index (χ1n) is 7.80. The fourth-order valence-corrected chi connectivity index (χ4v) is 3.81. The molecule has 0 unspecified atom stereocenters. The number of aromatic nitrogens is 2. The van der Waals surface area contributed by atoms with Gasteiger partial charge in [0.15, 0.2) is 0 Å². The fraction of sp³-hybridized carbons (Fsp3) is 0.733. The third-order valence-electron chi connectivity index (χ3n) is 4.74. The van der Waals surface area contributed by atoms with Crippen molar-refractivity contribution in [3.05, 3.63) is 18.5 Å². The zero-order chi connectivity index (χ0) is 13.9. The molecule has 1 amide bonds. The number of hydrogen-bond acceptors (Lipinski definition) is 3. The maximum Gasteiger partial charge on any atom is 0.244 e. The third kappa shape index (κ3) is 2.59. The molecule has 0 bridgehead atoms. The first-order chi connectivity index (χ1) is 9.79. The molecule has 3 rings (SSSR count). The van der Waals surface area contributed by atoms with Gasteiger partial charge in [-0.3, -0.25) is 14.4 Å². The van der Waals surface area contributed by atoms with E-state index in [-0.39, 0.29) is 5.91 Å². The smallest absolute Gasteiger partial charge is 0.244 e. The van der Waals surface area contributed by atoms with E-state index in [0.29, 0.717) is 18.6 Å². The van der Waals surface area contributed by atoms with Crippen molar-refractivity contribution in [1.82, 2.24) is 19.6 Å². The van der Waals surface area contributed by atoms with Crippen LogP contribution in [0.1, 0.15) is 32.6 Å². The van der Waals surface area contributed by atoms with Gasteiger partial charge in [0.05, 0.1) is 0 Å². The Morgan fingerprint density at radius 1 is 1.25 bits per heavy atom. The average Bonchev–Trinajstić information content (AvgIpc) is 3.18. The van der Waals surface area contributed by atoms with Gasteiger partial charge < -0.3 is 4.90 Å². The predicted octanol–water partition coefficient (Wildman–Crippen LogP) is 1.36. The van der Waals surface area contributed by atoms with Gasteiger partial charge in [-0.25, -0.2) is 0 Å². The van der Waals surface area contributed by atoms with Crippen molar-refractivity contribution < 1.29 is 4.79 Å². The van der Waals surface area contributed by atoms with Crippen LogP contribution in [0.2, 0.25) is 0 Å². The Labute approximate surface area is 120 Å². The molecule has 5 heteroatoms. The van der Waals surface area contributed by atoms with Crippen LogP contribution in [0.15, 0.2) is 18.5 Å². The lowest BCUT2D eigenvalue weighted by atomic mass is 10.0. The van der Waals surface area contributed by atoms with E-state index >= 15 is 0 Å². The van der Waals surface area contributed by atoms with E-state index in [0.717, 1.165) is 25.9 Å². The number of hydrogen-bond donors (Lipinski definition) is 0. The molecule has 2 atom stereocenters. The standard InChI is InChI=1S/C15H24N4O/c1-2-17-9-3-6-13(17)14-7-4-11-19(14)15(20)12-18-10-5-8-16-18/h5,8,10,13-14H,2-4,6-7,9,11-12H2,1H3/t13-,14-/m0/s1. The second kappa shape index (κ2) is 5.95. The molecule has 2 fully saturated rings. The molecule has 110 valence electrons. The molecule has 20 heavy (non-hydrogen) atoms. The van der Waals surface area contributed by atoms with Crippen molar-refractivity contribution >= 4 is 5.91 Å². The largest absolute Gasteiger partial charge is 0.337 e. The number of rotatable bonds is 4. The van der Waals surface area contributed by atoms with Crippen molar-refractivity contribution in [2.75, 3.05) is 19.6 Å². The molecule has 5 nitrogen and oxygen atoms in total. The van der Waals surface area contributed by atoms with Crippen LogP contribution in [0, 0.1) is 0 Å². The first-order valence-corrected chi connectivity index (χ1v) is 7.80. The molecule has 2 aliphatic heterocycles. The van der Waals surface area contributed by atoms with Crippen LogP contribution < -0.4 is 0 Å². The minimum atomic E-state index is 0.221. The molecule has 1 aromatic heterocycles. The van der Waals surface area contributed by atoms with Crippen LogP contribution >= 0.6 is 0 Å². The molecular weight excluding hydrogens is 252 g/mol. The van der Waals surface area contributed by atoms with Gasteiger partial charge >= 0.3 is 0 Å². The lowest BCUT2D eigenvalue weighted by Crippen LogP contribution is -2.49. The molecule has 0 aliphatic carbocycles. The average molecular weight is 276 g/mol. The van der Waals surface area contributed by atoms with Crippen molar-refractivity contribution in [2.24, 2.45) is 0 Å². The summed E-state index contributed by atoms with van der Waals surface area (Å²) in [5.74, 6) is 0.221. The summed E-state index contributed by atoms with van der Waals surface area (Å²) in [5, 5.41) is 4.14. The molecule has 2 saturated heterocycles. The second-order valence-corrected chi connectivity index (χ2v) is 5.84. The normalized spacial score (nSPS) is 27.4. The third-order valence-corrected chi connectivity index (χ3v) is 4.74. The maximum atomic E-state index is 12.5. The maximum absolute atomic E-state index is 12.5. The van der Waals surface area contributed by atoms with Crippen molar-refractivity contribution in [2.45, 2.75) is 51.2 Å². The Bertz CT molecular complexity index is 445. The van der Waals surface area contributed by atoms with Gasteiger partial charge in [-0.1, -0.05) is 6.92 Å². The van der Waals surface area contributed by atoms with Gasteiger partial charge in [0.25, 0.3) is 0 Å². The number of amides is 1. The summed E-state index contributed by atoms with van der Waals surface area (Å²) in [4.78, 5) is 17.2. The summed E-state index contributed by atoms with van der Waals surface area (Å²) in [5.41, 5.74) is 0. The minimum Gasteiger partial charge on any atom is -0.337 e. The molecule has 0 N–H and O–H groups in total. The number of likely N-dealkylation sites (tertiary alicyclic amines) is 2. The van der Waals surface area contributed by atoms with Crippen LogP contribution in [0.4, 0.5) is 0 Å². The van der Waals surface area contributed by atoms with Crippen LogP contribution in [0.3, 0.4) is 0 Å². The number of carbonyl (C=O) groups is 1. The van der Waals surface area contributed by atoms with Crippen LogP contribution in [-0.2, 0) is 11.3 Å². The van der Waals surface area contributed by atoms with Gasteiger partial charge in [0.2, 0.25) is 5.91 Å². The van der Waals surface area contributed by atoms with Crippen LogP contribution in [-0.4, -0.2) is 57.2 Å². The summed E-state index contributed by atoms with van der Waals surface area (Å²) < 4.78 is 1.73. The van der Waals surface area contributed by atoms with Crippen molar-refractivity contribution in [1.29, 1.82) is 0 Å². The molecule has 0 spiro atoms. The number of nitrogens with zero attached hydrogens (tertiary/aromatic N) is 4. The molecule has 2 aliphatic rings. The van der Waals surface area contributed by atoms with E-state index in [2.05, 4.69) is 21.8 Å². The Hall–Kier alpha value is -1.36. The van der Waals surface area contributed by atoms with Gasteiger partial charge in [-0.05, 0) is 44.8 Å². The van der Waals surface area contributed by atoms with E-state index in [1.54, 1.807) is 10.9 Å². The Kier molecular flexibility index (Phi) is 4.05. The summed E-state index contributed by atoms with van der Waals surface area (Å²) in [6.45, 7) is 5.81. The van der Waals surface area contributed by atoms with Gasteiger partial charge in [0.1, 0.15) is 6.54 Å². The molecule has 0 saturated carbocycles. The lowest BCUT2D eigenvalue weighted by molar-refractivity contribution is -0.133. The van der Waals surface area contributed by atoms with E-state index < -0.39 is 0 Å². The monoisotopic (exact) mass is 276 g/mol. The predicted molar refractivity (Wildman–Crippen MR) is 77.2 cm³/mol. The summed E-state index contributed by atoms with van der Waals surface area (Å²) >= 11 is 0. The first kappa shape index (κ1) is 13.6. The summed E-state index contributed by atoms with van der Waals surface area (Å²) in [6.07, 6.45) is 8.40. The van der Waals surface area contributed by atoms with Gasteiger partial charge in [-0.15, -0.1) is 0 Å². The molecule has 3 heterocycles. The molecule has 0 radical (unpaired) electrons. The fourth-order valence-electron chi connectivity index (χ4n) is 3.81. The van der Waals surface area contributed by atoms with E-state index in [9.17, 15) is 4.79 Å². The Morgan fingerprint density at radius 3 is 2.80 bits per heavy atom. The Morgan fingerprint density at radius 2 is 2.05 bits per heavy atom. The highest BCUT2D eigenvalue weighted by Crippen LogP contribution is 2.29. The van der Waals surface area contributed by atoms with Crippen LogP contribution in [0.25, 0.3) is 0 Å². The zero-order valence-electron chi connectivity index (χ0n) is 12.2. The molecule has 1 aromatic rings. The second-order valence-electron chi connectivity index (χ2n) is 5.84. The van der Waals surface area contributed by atoms with E-state index in [1.807, 2.05) is 12.3 Å². The molecule has 0 aromatic carbocycles. The van der Waals surface area contributed by atoms with Gasteiger partial charge in [0, 0.05) is 31.0 Å². The summed E-state index contributed by atoms with van der Waals surface area (Å²) in [6, 6.07) is 2.86. The van der Waals surface area contributed by atoms with Gasteiger partial charge in [-0.2, -0.15) is 5.10 Å². The topological polar surface area (TPSA) is 41.4 Å². The lowest BCUT2D eigenvalue weighted by Gasteiger charge is -2.34. The van der Waals surface area contributed by atoms with Crippen molar-refractivity contribution in [3.63, 3.8) is 0 Å². The van der Waals surface area contributed by atoms with Crippen molar-refractivity contribution in [3.8, 4) is 0 Å². The van der Waals surface area contributed by atoms with E-state index in [4.69, 9.17) is 0 Å². The quantitative estimate of drug-likeness (QED) is 0.834. The highest BCUT2D eigenvalue weighted by Gasteiger charge is 2.38. The minimum absolute atomic E-state index is 0.221. The molecular formula is C15H24N4O. The summed E-state index contributed by atoms with van der Waals surface area (Å²) in [7, 11) is 0. The Balaban J connectivity index is 1.67. The zero-order valence-corrected chi connectivity index (χ0v) is 12.2. The highest BCUT2D eigenvalue weighted by atomic mass is 16.2. The van der Waals surface area contributed by atoms with Crippen LogP contribution in [0.5, 0.6) is 0 Å². The highest BCUT2D eigenvalue weighted by molar-refractivity contribution is 5.76.